The Morgan fingerprint density at radius 2 is 2.06 bits per heavy atom. The van der Waals surface area contributed by atoms with Crippen molar-refractivity contribution in [2.24, 2.45) is 0 Å². The highest BCUT2D eigenvalue weighted by atomic mass is 16.4. The zero-order chi connectivity index (χ0) is 13.8. The van der Waals surface area contributed by atoms with E-state index in [-0.39, 0.29) is 12.0 Å². The van der Waals surface area contributed by atoms with E-state index in [9.17, 15) is 0 Å². The SMILES string of the molecule is CC(C)N(CCCO)Cc1ncc(C(C)(C)C)o1. The van der Waals surface area contributed by atoms with E-state index in [1.807, 2.05) is 6.20 Å². The Balaban J connectivity index is 2.66. The fourth-order valence-electron chi connectivity index (χ4n) is 1.70. The molecule has 0 radical (unpaired) electrons. The van der Waals surface area contributed by atoms with Crippen molar-refractivity contribution in [1.82, 2.24) is 9.88 Å². The van der Waals surface area contributed by atoms with Gasteiger partial charge >= 0.3 is 0 Å². The maximum Gasteiger partial charge on any atom is 0.208 e. The molecule has 0 spiro atoms. The smallest absolute Gasteiger partial charge is 0.208 e. The molecule has 1 heterocycles. The van der Waals surface area contributed by atoms with Crippen LogP contribution in [0.4, 0.5) is 0 Å². The largest absolute Gasteiger partial charge is 0.444 e. The van der Waals surface area contributed by atoms with Crippen molar-refractivity contribution in [2.45, 2.75) is 59.0 Å². The van der Waals surface area contributed by atoms with Gasteiger partial charge in [0, 0.05) is 24.6 Å². The molecule has 0 saturated carbocycles. The zero-order valence-corrected chi connectivity index (χ0v) is 12.2. The minimum atomic E-state index is -0.000983. The van der Waals surface area contributed by atoms with Crippen LogP contribution in [0.25, 0.3) is 0 Å². The first-order valence-electron chi connectivity index (χ1n) is 6.64. The summed E-state index contributed by atoms with van der Waals surface area (Å²) in [4.78, 5) is 6.60. The highest BCUT2D eigenvalue weighted by Gasteiger charge is 2.20. The number of oxazole rings is 1. The molecule has 4 heteroatoms. The van der Waals surface area contributed by atoms with E-state index in [0.29, 0.717) is 12.6 Å². The minimum Gasteiger partial charge on any atom is -0.444 e. The molecule has 0 atom stereocenters. The maximum absolute atomic E-state index is 8.91. The molecule has 0 saturated heterocycles. The average molecular weight is 254 g/mol. The third-order valence-electron chi connectivity index (χ3n) is 2.96. The third kappa shape index (κ3) is 4.42. The maximum atomic E-state index is 8.91. The second-order valence-corrected chi connectivity index (χ2v) is 6.01. The molecule has 0 bridgehead atoms. The van der Waals surface area contributed by atoms with Gasteiger partial charge in [-0.25, -0.2) is 4.98 Å². The Morgan fingerprint density at radius 3 is 2.50 bits per heavy atom. The van der Waals surface area contributed by atoms with Crippen molar-refractivity contribution in [1.29, 1.82) is 0 Å². The molecule has 4 nitrogen and oxygen atoms in total. The molecule has 1 aromatic rings. The van der Waals surface area contributed by atoms with Crippen molar-refractivity contribution >= 4 is 0 Å². The van der Waals surface area contributed by atoms with Crippen molar-refractivity contribution in [3.8, 4) is 0 Å². The lowest BCUT2D eigenvalue weighted by Gasteiger charge is -2.24. The molecule has 0 fully saturated rings. The number of rotatable bonds is 6. The monoisotopic (exact) mass is 254 g/mol. The topological polar surface area (TPSA) is 49.5 Å². The average Bonchev–Trinajstić information content (AvgIpc) is 2.71. The highest BCUT2D eigenvalue weighted by Crippen LogP contribution is 2.23. The first-order chi connectivity index (χ1) is 8.34. The molecule has 0 aliphatic rings. The van der Waals surface area contributed by atoms with E-state index in [0.717, 1.165) is 24.6 Å². The molecule has 1 N–H and O–H groups in total. The molecule has 0 aliphatic carbocycles. The van der Waals surface area contributed by atoms with Gasteiger partial charge in [-0.2, -0.15) is 0 Å². The minimum absolute atomic E-state index is 0.000983. The van der Waals surface area contributed by atoms with E-state index in [1.165, 1.54) is 0 Å². The van der Waals surface area contributed by atoms with Crippen molar-refractivity contribution in [3.05, 3.63) is 17.8 Å². The third-order valence-corrected chi connectivity index (χ3v) is 2.96. The summed E-state index contributed by atoms with van der Waals surface area (Å²) in [5.74, 6) is 1.68. The number of aromatic nitrogens is 1. The molecule has 104 valence electrons. The van der Waals surface area contributed by atoms with Gasteiger partial charge in [0.05, 0.1) is 12.7 Å². The van der Waals surface area contributed by atoms with Crippen LogP contribution in [0.1, 0.15) is 52.7 Å². The summed E-state index contributed by atoms with van der Waals surface area (Å²) in [6.45, 7) is 12.4. The Morgan fingerprint density at radius 1 is 1.39 bits per heavy atom. The molecule has 0 aliphatic heterocycles. The van der Waals surface area contributed by atoms with Gasteiger partial charge in [-0.3, -0.25) is 4.90 Å². The van der Waals surface area contributed by atoms with Gasteiger partial charge in [0.1, 0.15) is 5.76 Å². The van der Waals surface area contributed by atoms with E-state index < -0.39 is 0 Å². The van der Waals surface area contributed by atoms with E-state index >= 15 is 0 Å². The number of aliphatic hydroxyl groups is 1. The van der Waals surface area contributed by atoms with Crippen LogP contribution in [0.15, 0.2) is 10.6 Å². The summed E-state index contributed by atoms with van der Waals surface area (Å²) >= 11 is 0. The van der Waals surface area contributed by atoms with E-state index in [2.05, 4.69) is 44.5 Å². The Labute approximate surface area is 110 Å². The molecule has 0 aromatic carbocycles. The van der Waals surface area contributed by atoms with Crippen LogP contribution < -0.4 is 0 Å². The van der Waals surface area contributed by atoms with Crippen LogP contribution in [0, 0.1) is 0 Å². The molecule has 1 aromatic heterocycles. The van der Waals surface area contributed by atoms with Crippen LogP contribution in [-0.2, 0) is 12.0 Å². The summed E-state index contributed by atoms with van der Waals surface area (Å²) in [6, 6.07) is 0.418. The predicted molar refractivity (Wildman–Crippen MR) is 72.5 cm³/mol. The van der Waals surface area contributed by atoms with Crippen molar-refractivity contribution in [2.75, 3.05) is 13.2 Å². The van der Waals surface area contributed by atoms with E-state index in [4.69, 9.17) is 9.52 Å². The van der Waals surface area contributed by atoms with Crippen molar-refractivity contribution < 1.29 is 9.52 Å². The highest BCUT2D eigenvalue weighted by molar-refractivity contribution is 5.06. The summed E-state index contributed by atoms with van der Waals surface area (Å²) in [7, 11) is 0. The summed E-state index contributed by atoms with van der Waals surface area (Å²) < 4.78 is 5.79. The molecule has 18 heavy (non-hydrogen) atoms. The van der Waals surface area contributed by atoms with Gasteiger partial charge in [0.2, 0.25) is 5.89 Å². The van der Waals surface area contributed by atoms with Crippen LogP contribution >= 0.6 is 0 Å². The van der Waals surface area contributed by atoms with Gasteiger partial charge in [0.25, 0.3) is 0 Å². The predicted octanol–water partition coefficient (Wildman–Crippen LogP) is 2.56. The number of aliphatic hydroxyl groups excluding tert-OH is 1. The quantitative estimate of drug-likeness (QED) is 0.847. The second kappa shape index (κ2) is 6.34. The summed E-state index contributed by atoms with van der Waals surface area (Å²) in [6.07, 6.45) is 2.60. The lowest BCUT2D eigenvalue weighted by molar-refractivity contribution is 0.168. The van der Waals surface area contributed by atoms with Crippen LogP contribution in [-0.4, -0.2) is 34.2 Å². The fraction of sp³-hybridized carbons (Fsp3) is 0.786. The number of nitrogens with zero attached hydrogens (tertiary/aromatic N) is 2. The standard InChI is InChI=1S/C14H26N2O2/c1-11(2)16(7-6-8-17)10-13-15-9-12(18-13)14(3,4)5/h9,11,17H,6-8,10H2,1-5H3. The lowest BCUT2D eigenvalue weighted by Crippen LogP contribution is -2.31. The zero-order valence-electron chi connectivity index (χ0n) is 12.2. The van der Waals surface area contributed by atoms with E-state index in [1.54, 1.807) is 0 Å². The molecular formula is C14H26N2O2. The fourth-order valence-corrected chi connectivity index (χ4v) is 1.70. The van der Waals surface area contributed by atoms with Crippen molar-refractivity contribution in [3.63, 3.8) is 0 Å². The Kier molecular flexibility index (Phi) is 5.35. The normalized spacial score (nSPS) is 12.7. The van der Waals surface area contributed by atoms with Gasteiger partial charge in [-0.1, -0.05) is 20.8 Å². The summed E-state index contributed by atoms with van der Waals surface area (Å²) in [5.41, 5.74) is -0.000983. The lowest BCUT2D eigenvalue weighted by atomic mass is 9.94. The van der Waals surface area contributed by atoms with Gasteiger partial charge in [-0.05, 0) is 20.3 Å². The first-order valence-corrected chi connectivity index (χ1v) is 6.64. The van der Waals surface area contributed by atoms with Gasteiger partial charge in [0.15, 0.2) is 0 Å². The Hall–Kier alpha value is -0.870. The van der Waals surface area contributed by atoms with Crippen LogP contribution in [0.3, 0.4) is 0 Å². The molecule has 0 unspecified atom stereocenters. The van der Waals surface area contributed by atoms with Crippen LogP contribution in [0.5, 0.6) is 0 Å². The Bertz CT molecular complexity index is 353. The summed E-state index contributed by atoms with van der Waals surface area (Å²) in [5, 5.41) is 8.91. The number of hydrogen-bond acceptors (Lipinski definition) is 4. The molecule has 0 amide bonds. The van der Waals surface area contributed by atoms with Gasteiger partial charge < -0.3 is 9.52 Å². The molecule has 1 rings (SSSR count). The molecular weight excluding hydrogens is 228 g/mol. The number of hydrogen-bond donors (Lipinski definition) is 1. The van der Waals surface area contributed by atoms with Gasteiger partial charge in [-0.15, -0.1) is 0 Å². The second-order valence-electron chi connectivity index (χ2n) is 6.01. The van der Waals surface area contributed by atoms with Crippen LogP contribution in [0.2, 0.25) is 0 Å². The first kappa shape index (κ1) is 15.2.